The lowest BCUT2D eigenvalue weighted by Gasteiger charge is -2.27. The summed E-state index contributed by atoms with van der Waals surface area (Å²) in [6.07, 6.45) is 4.04. The summed E-state index contributed by atoms with van der Waals surface area (Å²) in [5, 5.41) is 4.38. The minimum absolute atomic E-state index is 0.366. The third-order valence-corrected chi connectivity index (χ3v) is 5.18. The first-order chi connectivity index (χ1) is 9.11. The molecule has 1 aromatic heterocycles. The summed E-state index contributed by atoms with van der Waals surface area (Å²) < 4.78 is 5.80. The van der Waals surface area contributed by atoms with Crippen molar-refractivity contribution in [3.05, 3.63) is 10.6 Å². The minimum atomic E-state index is 0.366. The fraction of sp³-hybridized carbons (Fsp3) is 0.786. The first-order valence-corrected chi connectivity index (χ1v) is 7.90. The number of nitrogens with zero attached hydrogens (tertiary/aromatic N) is 2. The normalized spacial score (nSPS) is 21.4. The lowest BCUT2D eigenvalue weighted by Crippen LogP contribution is -2.33. The van der Waals surface area contributed by atoms with Crippen molar-refractivity contribution in [2.45, 2.75) is 45.3 Å². The predicted octanol–water partition coefficient (Wildman–Crippen LogP) is 2.74. The van der Waals surface area contributed by atoms with E-state index < -0.39 is 0 Å². The van der Waals surface area contributed by atoms with Crippen molar-refractivity contribution < 1.29 is 4.74 Å². The number of likely N-dealkylation sites (N-methyl/N-ethyl adjacent to an activating group) is 1. The molecule has 0 bridgehead atoms. The molecule has 1 saturated heterocycles. The smallest absolute Gasteiger partial charge is 0.185 e. The molecule has 19 heavy (non-hydrogen) atoms. The van der Waals surface area contributed by atoms with Crippen molar-refractivity contribution in [3.8, 4) is 0 Å². The zero-order valence-corrected chi connectivity index (χ0v) is 13.2. The maximum atomic E-state index is 5.80. The fourth-order valence-electron chi connectivity index (χ4n) is 2.42. The molecule has 2 atom stereocenters. The highest BCUT2D eigenvalue weighted by molar-refractivity contribution is 7.15. The molecule has 4 nitrogen and oxygen atoms in total. The summed E-state index contributed by atoms with van der Waals surface area (Å²) in [5.41, 5.74) is 1.14. The van der Waals surface area contributed by atoms with Gasteiger partial charge in [-0.15, -0.1) is 11.3 Å². The Morgan fingerprint density at radius 3 is 2.95 bits per heavy atom. The number of thiazole rings is 1. The van der Waals surface area contributed by atoms with Gasteiger partial charge in [-0.1, -0.05) is 0 Å². The van der Waals surface area contributed by atoms with Gasteiger partial charge in [0.1, 0.15) is 0 Å². The third kappa shape index (κ3) is 3.68. The molecular formula is C14H25N3OS. The van der Waals surface area contributed by atoms with Crippen LogP contribution in [-0.4, -0.2) is 38.3 Å². The second-order valence-corrected chi connectivity index (χ2v) is 6.33. The van der Waals surface area contributed by atoms with Gasteiger partial charge in [0.15, 0.2) is 5.13 Å². The van der Waals surface area contributed by atoms with E-state index in [1.54, 1.807) is 11.3 Å². The third-order valence-electron chi connectivity index (χ3n) is 3.73. The van der Waals surface area contributed by atoms with E-state index in [4.69, 9.17) is 9.72 Å². The SMILES string of the molecule is CNC(C)c1sc(N(C)CC2CCCCO2)nc1C. The zero-order valence-electron chi connectivity index (χ0n) is 12.4. The van der Waals surface area contributed by atoms with Gasteiger partial charge in [0, 0.05) is 31.1 Å². The van der Waals surface area contributed by atoms with E-state index in [-0.39, 0.29) is 0 Å². The van der Waals surface area contributed by atoms with Crippen LogP contribution in [0.15, 0.2) is 0 Å². The quantitative estimate of drug-likeness (QED) is 0.901. The second kappa shape index (κ2) is 6.68. The van der Waals surface area contributed by atoms with Gasteiger partial charge in [0.25, 0.3) is 0 Å². The van der Waals surface area contributed by atoms with Crippen LogP contribution in [0.3, 0.4) is 0 Å². The Bertz CT molecular complexity index is 401. The van der Waals surface area contributed by atoms with Crippen LogP contribution in [0.2, 0.25) is 0 Å². The van der Waals surface area contributed by atoms with Crippen LogP contribution in [0.5, 0.6) is 0 Å². The maximum Gasteiger partial charge on any atom is 0.185 e. The predicted molar refractivity (Wildman–Crippen MR) is 81.2 cm³/mol. The van der Waals surface area contributed by atoms with Crippen molar-refractivity contribution in [1.29, 1.82) is 0 Å². The van der Waals surface area contributed by atoms with Gasteiger partial charge in [0.05, 0.1) is 11.8 Å². The number of aryl methyl sites for hydroxylation is 1. The molecule has 2 heterocycles. The molecule has 1 aromatic rings. The summed E-state index contributed by atoms with van der Waals surface area (Å²) in [5.74, 6) is 0. The van der Waals surface area contributed by atoms with Gasteiger partial charge >= 0.3 is 0 Å². The molecule has 2 unspecified atom stereocenters. The molecular weight excluding hydrogens is 258 g/mol. The van der Waals surface area contributed by atoms with E-state index in [0.29, 0.717) is 12.1 Å². The molecule has 1 aliphatic rings. The van der Waals surface area contributed by atoms with Crippen molar-refractivity contribution >= 4 is 16.5 Å². The Morgan fingerprint density at radius 1 is 1.53 bits per heavy atom. The van der Waals surface area contributed by atoms with Gasteiger partial charge in [-0.3, -0.25) is 0 Å². The molecule has 2 rings (SSSR count). The molecule has 0 saturated carbocycles. The van der Waals surface area contributed by atoms with Crippen molar-refractivity contribution in [2.24, 2.45) is 0 Å². The van der Waals surface area contributed by atoms with Crippen LogP contribution < -0.4 is 10.2 Å². The first-order valence-electron chi connectivity index (χ1n) is 7.09. The highest BCUT2D eigenvalue weighted by Gasteiger charge is 2.19. The summed E-state index contributed by atoms with van der Waals surface area (Å²) in [6, 6.07) is 0.366. The van der Waals surface area contributed by atoms with Crippen molar-refractivity contribution in [1.82, 2.24) is 10.3 Å². The van der Waals surface area contributed by atoms with Gasteiger partial charge in [-0.25, -0.2) is 4.98 Å². The molecule has 108 valence electrons. The van der Waals surface area contributed by atoms with Gasteiger partial charge < -0.3 is 15.0 Å². The molecule has 0 radical (unpaired) electrons. The number of ether oxygens (including phenoxy) is 1. The van der Waals surface area contributed by atoms with Gasteiger partial charge in [0.2, 0.25) is 0 Å². The molecule has 0 amide bonds. The molecule has 5 heteroatoms. The fourth-order valence-corrected chi connectivity index (χ4v) is 3.52. The monoisotopic (exact) mass is 283 g/mol. The summed E-state index contributed by atoms with van der Waals surface area (Å²) in [4.78, 5) is 8.26. The highest BCUT2D eigenvalue weighted by Crippen LogP contribution is 2.30. The molecule has 1 aliphatic heterocycles. The lowest BCUT2D eigenvalue weighted by atomic mass is 10.1. The Hall–Kier alpha value is -0.650. The van der Waals surface area contributed by atoms with E-state index in [9.17, 15) is 0 Å². The first kappa shape index (κ1) is 14.8. The van der Waals surface area contributed by atoms with Gasteiger partial charge in [-0.2, -0.15) is 0 Å². The molecule has 1 fully saturated rings. The number of rotatable bonds is 5. The second-order valence-electron chi connectivity index (χ2n) is 5.33. The Kier molecular flexibility index (Phi) is 5.19. The Balaban J connectivity index is 2.00. The van der Waals surface area contributed by atoms with Crippen LogP contribution in [-0.2, 0) is 4.74 Å². The number of hydrogen-bond donors (Lipinski definition) is 1. The highest BCUT2D eigenvalue weighted by atomic mass is 32.1. The number of hydrogen-bond acceptors (Lipinski definition) is 5. The lowest BCUT2D eigenvalue weighted by molar-refractivity contribution is 0.0216. The minimum Gasteiger partial charge on any atom is -0.376 e. The van der Waals surface area contributed by atoms with Crippen LogP contribution >= 0.6 is 11.3 Å². The van der Waals surface area contributed by atoms with E-state index in [1.165, 1.54) is 24.1 Å². The van der Waals surface area contributed by atoms with Crippen molar-refractivity contribution in [3.63, 3.8) is 0 Å². The number of nitrogens with one attached hydrogen (secondary N) is 1. The van der Waals surface area contributed by atoms with E-state index in [0.717, 1.165) is 24.0 Å². The molecule has 1 N–H and O–H groups in total. The van der Waals surface area contributed by atoms with Crippen LogP contribution in [0.1, 0.15) is 42.8 Å². The molecule has 0 spiro atoms. The zero-order chi connectivity index (χ0) is 13.8. The topological polar surface area (TPSA) is 37.4 Å². The number of anilines is 1. The molecule has 0 aliphatic carbocycles. The average molecular weight is 283 g/mol. The van der Waals surface area contributed by atoms with E-state index in [2.05, 4.69) is 31.1 Å². The largest absolute Gasteiger partial charge is 0.376 e. The standard InChI is InChI=1S/C14H25N3OS/c1-10(15-3)13-11(2)16-14(19-13)17(4)9-12-7-5-6-8-18-12/h10,12,15H,5-9H2,1-4H3. The van der Waals surface area contributed by atoms with Crippen LogP contribution in [0.25, 0.3) is 0 Å². The van der Waals surface area contributed by atoms with Crippen LogP contribution in [0.4, 0.5) is 5.13 Å². The molecule has 0 aromatic carbocycles. The maximum absolute atomic E-state index is 5.80. The summed E-state index contributed by atoms with van der Waals surface area (Å²) in [6.45, 7) is 6.13. The van der Waals surface area contributed by atoms with E-state index >= 15 is 0 Å². The summed E-state index contributed by atoms with van der Waals surface area (Å²) in [7, 11) is 4.10. The Morgan fingerprint density at radius 2 is 2.32 bits per heavy atom. The van der Waals surface area contributed by atoms with Crippen LogP contribution in [0, 0.1) is 6.92 Å². The number of aromatic nitrogens is 1. The Labute approximate surface area is 120 Å². The van der Waals surface area contributed by atoms with Gasteiger partial charge in [-0.05, 0) is 40.2 Å². The van der Waals surface area contributed by atoms with Crippen molar-refractivity contribution in [2.75, 3.05) is 32.1 Å². The average Bonchev–Trinajstić information content (AvgIpc) is 2.81. The summed E-state index contributed by atoms with van der Waals surface area (Å²) >= 11 is 1.79. The van der Waals surface area contributed by atoms with E-state index in [1.807, 2.05) is 7.05 Å².